The summed E-state index contributed by atoms with van der Waals surface area (Å²) in [6, 6.07) is 0. The van der Waals surface area contributed by atoms with E-state index in [0.717, 1.165) is 18.4 Å². The molecule has 0 bridgehead atoms. The fourth-order valence-electron chi connectivity index (χ4n) is 1.66. The summed E-state index contributed by atoms with van der Waals surface area (Å²) in [4.78, 5) is 22.5. The maximum Gasteiger partial charge on any atom is 0.252 e. The third-order valence-corrected chi connectivity index (χ3v) is 2.72. The molecule has 0 aliphatic heterocycles. The molecule has 2 heterocycles. The molecule has 1 saturated carbocycles. The van der Waals surface area contributed by atoms with E-state index >= 15 is 0 Å². The molecule has 6 nitrogen and oxygen atoms in total. The van der Waals surface area contributed by atoms with E-state index in [2.05, 4.69) is 20.1 Å². The average Bonchev–Trinajstić information content (AvgIpc) is 2.91. The zero-order chi connectivity index (χ0) is 11.2. The van der Waals surface area contributed by atoms with Gasteiger partial charge in [-0.1, -0.05) is 0 Å². The lowest BCUT2D eigenvalue weighted by Gasteiger charge is -1.98. The largest absolute Gasteiger partial charge is 0.252 e. The number of aliphatic imine (C=N–C) groups is 1. The Morgan fingerprint density at radius 2 is 2.38 bits per heavy atom. The SMILES string of the molecule is Cc1cnc2nc(C3(N=C=O)CC3)nn2c1. The van der Waals surface area contributed by atoms with Gasteiger partial charge < -0.3 is 0 Å². The summed E-state index contributed by atoms with van der Waals surface area (Å²) < 4.78 is 1.62. The van der Waals surface area contributed by atoms with Crippen molar-refractivity contribution in [3.8, 4) is 0 Å². The van der Waals surface area contributed by atoms with Crippen molar-refractivity contribution in [2.45, 2.75) is 25.3 Å². The molecular formula is C10H9N5O. The van der Waals surface area contributed by atoms with E-state index in [1.165, 1.54) is 0 Å². The lowest BCUT2D eigenvalue weighted by molar-refractivity contribution is 0.553. The quantitative estimate of drug-likeness (QED) is 0.547. The molecule has 1 aliphatic carbocycles. The summed E-state index contributed by atoms with van der Waals surface area (Å²) in [6.07, 6.45) is 6.78. The molecule has 0 amide bonds. The van der Waals surface area contributed by atoms with Crippen molar-refractivity contribution in [1.82, 2.24) is 19.6 Å². The van der Waals surface area contributed by atoms with Crippen molar-refractivity contribution in [3.63, 3.8) is 0 Å². The molecule has 0 saturated heterocycles. The number of hydrogen-bond acceptors (Lipinski definition) is 5. The van der Waals surface area contributed by atoms with Crippen LogP contribution < -0.4 is 0 Å². The molecule has 16 heavy (non-hydrogen) atoms. The Kier molecular flexibility index (Phi) is 1.70. The minimum atomic E-state index is -0.524. The van der Waals surface area contributed by atoms with Gasteiger partial charge >= 0.3 is 0 Å². The second-order valence-corrected chi connectivity index (χ2v) is 4.05. The second-order valence-electron chi connectivity index (χ2n) is 4.05. The number of aryl methyl sites for hydroxylation is 1. The molecule has 2 aromatic heterocycles. The molecule has 0 aromatic carbocycles. The van der Waals surface area contributed by atoms with Crippen LogP contribution in [0.3, 0.4) is 0 Å². The molecule has 6 heteroatoms. The lowest BCUT2D eigenvalue weighted by atomic mass is 10.3. The zero-order valence-electron chi connectivity index (χ0n) is 8.71. The molecule has 0 radical (unpaired) electrons. The molecule has 1 fully saturated rings. The van der Waals surface area contributed by atoms with E-state index < -0.39 is 5.54 Å². The maximum atomic E-state index is 10.3. The first-order valence-electron chi connectivity index (χ1n) is 5.02. The Labute approximate surface area is 91.1 Å². The minimum Gasteiger partial charge on any atom is -0.219 e. The van der Waals surface area contributed by atoms with E-state index in [1.807, 2.05) is 13.1 Å². The summed E-state index contributed by atoms with van der Waals surface area (Å²) in [5, 5.41) is 4.30. The molecule has 0 spiro atoms. The van der Waals surface area contributed by atoms with Crippen molar-refractivity contribution in [3.05, 3.63) is 23.8 Å². The fraction of sp³-hybridized carbons (Fsp3) is 0.400. The Hall–Kier alpha value is -2.07. The van der Waals surface area contributed by atoms with Crippen LogP contribution in [0.25, 0.3) is 5.78 Å². The summed E-state index contributed by atoms with van der Waals surface area (Å²) >= 11 is 0. The summed E-state index contributed by atoms with van der Waals surface area (Å²) in [7, 11) is 0. The van der Waals surface area contributed by atoms with Gasteiger partial charge in [0.15, 0.2) is 5.82 Å². The summed E-state index contributed by atoms with van der Waals surface area (Å²) in [6.45, 7) is 1.93. The van der Waals surface area contributed by atoms with Gasteiger partial charge in [-0.3, -0.25) is 0 Å². The van der Waals surface area contributed by atoms with Crippen LogP contribution in [0.4, 0.5) is 0 Å². The van der Waals surface area contributed by atoms with Gasteiger partial charge in [-0.25, -0.2) is 14.3 Å². The first-order valence-corrected chi connectivity index (χ1v) is 5.02. The molecule has 3 rings (SSSR count). The molecule has 0 atom stereocenters. The van der Waals surface area contributed by atoms with E-state index in [9.17, 15) is 4.79 Å². The smallest absolute Gasteiger partial charge is 0.219 e. The van der Waals surface area contributed by atoms with Crippen molar-refractivity contribution in [1.29, 1.82) is 0 Å². The summed E-state index contributed by atoms with van der Waals surface area (Å²) in [5.41, 5.74) is 0.483. The Morgan fingerprint density at radius 3 is 3.06 bits per heavy atom. The van der Waals surface area contributed by atoms with Gasteiger partial charge in [0.05, 0.1) is 0 Å². The van der Waals surface area contributed by atoms with Crippen LogP contribution in [0.5, 0.6) is 0 Å². The van der Waals surface area contributed by atoms with Crippen LogP contribution in [-0.2, 0) is 10.3 Å². The first kappa shape index (κ1) is 9.18. The highest BCUT2D eigenvalue weighted by atomic mass is 16.1. The van der Waals surface area contributed by atoms with Crippen LogP contribution in [0.1, 0.15) is 24.2 Å². The van der Waals surface area contributed by atoms with E-state index in [1.54, 1.807) is 16.8 Å². The average molecular weight is 215 g/mol. The number of hydrogen-bond donors (Lipinski definition) is 0. The number of aromatic nitrogens is 4. The van der Waals surface area contributed by atoms with E-state index in [0.29, 0.717) is 11.6 Å². The fourth-order valence-corrected chi connectivity index (χ4v) is 1.66. The molecule has 0 unspecified atom stereocenters. The number of isocyanates is 1. The third-order valence-electron chi connectivity index (χ3n) is 2.72. The lowest BCUT2D eigenvalue weighted by Crippen LogP contribution is -2.05. The van der Waals surface area contributed by atoms with E-state index in [4.69, 9.17) is 0 Å². The highest BCUT2D eigenvalue weighted by Gasteiger charge is 2.48. The predicted octanol–water partition coefficient (Wildman–Crippen LogP) is 0.758. The van der Waals surface area contributed by atoms with Crippen molar-refractivity contribution < 1.29 is 4.79 Å². The van der Waals surface area contributed by atoms with Crippen LogP contribution in [0, 0.1) is 6.92 Å². The topological polar surface area (TPSA) is 72.5 Å². The van der Waals surface area contributed by atoms with Crippen LogP contribution in [0.15, 0.2) is 17.4 Å². The highest BCUT2D eigenvalue weighted by Crippen LogP contribution is 2.47. The third kappa shape index (κ3) is 1.24. The normalized spacial score (nSPS) is 17.1. The molecular weight excluding hydrogens is 206 g/mol. The number of rotatable bonds is 2. The minimum absolute atomic E-state index is 0.524. The van der Waals surface area contributed by atoms with Crippen LogP contribution in [-0.4, -0.2) is 25.7 Å². The van der Waals surface area contributed by atoms with Gasteiger partial charge in [0.2, 0.25) is 6.08 Å². The van der Waals surface area contributed by atoms with Crippen LogP contribution in [0.2, 0.25) is 0 Å². The van der Waals surface area contributed by atoms with Crippen molar-refractivity contribution in [2.24, 2.45) is 4.99 Å². The Bertz CT molecular complexity index is 607. The summed E-state index contributed by atoms with van der Waals surface area (Å²) in [5.74, 6) is 1.10. The number of nitrogens with zero attached hydrogens (tertiary/aromatic N) is 5. The number of carbonyl (C=O) groups excluding carboxylic acids is 1. The Balaban J connectivity index is 2.15. The van der Waals surface area contributed by atoms with Gasteiger partial charge in [0.25, 0.3) is 5.78 Å². The van der Waals surface area contributed by atoms with Gasteiger partial charge in [0, 0.05) is 12.4 Å². The molecule has 1 aliphatic rings. The van der Waals surface area contributed by atoms with Gasteiger partial charge in [-0.15, -0.1) is 5.10 Å². The molecule has 0 N–H and O–H groups in total. The van der Waals surface area contributed by atoms with E-state index in [-0.39, 0.29) is 0 Å². The van der Waals surface area contributed by atoms with Gasteiger partial charge in [-0.2, -0.15) is 9.98 Å². The Morgan fingerprint density at radius 1 is 1.56 bits per heavy atom. The second kappa shape index (κ2) is 2.96. The highest BCUT2D eigenvalue weighted by molar-refractivity contribution is 5.39. The first-order chi connectivity index (χ1) is 7.73. The maximum absolute atomic E-state index is 10.3. The molecule has 2 aromatic rings. The molecule has 80 valence electrons. The van der Waals surface area contributed by atoms with Crippen molar-refractivity contribution in [2.75, 3.05) is 0 Å². The monoisotopic (exact) mass is 215 g/mol. The standard InChI is InChI=1S/C10H9N5O/c1-7-4-11-9-13-8(14-15(9)5-7)10(2-3-10)12-6-16/h4-5H,2-3H2,1H3. The predicted molar refractivity (Wildman–Crippen MR) is 54.6 cm³/mol. The van der Waals surface area contributed by atoms with Gasteiger partial charge in [-0.05, 0) is 25.3 Å². The number of fused-ring (bicyclic) bond motifs is 1. The van der Waals surface area contributed by atoms with Gasteiger partial charge in [0.1, 0.15) is 5.54 Å². The van der Waals surface area contributed by atoms with Crippen molar-refractivity contribution >= 4 is 11.9 Å². The zero-order valence-corrected chi connectivity index (χ0v) is 8.71. The van der Waals surface area contributed by atoms with Crippen LogP contribution >= 0.6 is 0 Å².